The zero-order chi connectivity index (χ0) is 12.7. The van der Waals surface area contributed by atoms with Crippen molar-refractivity contribution in [3.8, 4) is 5.75 Å². The van der Waals surface area contributed by atoms with E-state index in [0.717, 1.165) is 0 Å². The third-order valence-corrected chi connectivity index (χ3v) is 2.11. The van der Waals surface area contributed by atoms with Gasteiger partial charge in [0, 0.05) is 18.9 Å². The standard InChI is InChI=1S/C11H19N3O3/c1-15-2-3-16-4-5-17-10-7-8(12)6-9(13)11(10)14/h6-7H,2-5,12-14H2,1H3. The van der Waals surface area contributed by atoms with Crippen molar-refractivity contribution in [3.05, 3.63) is 12.1 Å². The summed E-state index contributed by atoms with van der Waals surface area (Å²) in [5.74, 6) is 0.484. The topological polar surface area (TPSA) is 106 Å². The molecule has 0 saturated carbocycles. The molecule has 0 saturated heterocycles. The van der Waals surface area contributed by atoms with Crippen LogP contribution in [0.25, 0.3) is 0 Å². The molecule has 6 heteroatoms. The van der Waals surface area contributed by atoms with Crippen LogP contribution in [-0.4, -0.2) is 33.5 Å². The Morgan fingerprint density at radius 2 is 1.71 bits per heavy atom. The van der Waals surface area contributed by atoms with Crippen molar-refractivity contribution in [1.82, 2.24) is 0 Å². The van der Waals surface area contributed by atoms with Crippen LogP contribution in [0.2, 0.25) is 0 Å². The van der Waals surface area contributed by atoms with Gasteiger partial charge in [0.1, 0.15) is 12.4 Å². The summed E-state index contributed by atoms with van der Waals surface area (Å²) < 4.78 is 15.5. The molecule has 0 aliphatic carbocycles. The van der Waals surface area contributed by atoms with E-state index in [1.807, 2.05) is 0 Å². The minimum atomic E-state index is 0.386. The van der Waals surface area contributed by atoms with E-state index in [1.165, 1.54) is 0 Å². The Hall–Kier alpha value is -1.66. The van der Waals surface area contributed by atoms with Gasteiger partial charge in [-0.2, -0.15) is 0 Å². The first-order chi connectivity index (χ1) is 8.15. The molecule has 1 aromatic rings. The number of anilines is 3. The van der Waals surface area contributed by atoms with E-state index in [1.54, 1.807) is 19.2 Å². The number of rotatable bonds is 7. The monoisotopic (exact) mass is 241 g/mol. The fourth-order valence-electron chi connectivity index (χ4n) is 1.24. The van der Waals surface area contributed by atoms with Crippen LogP contribution in [0.1, 0.15) is 0 Å². The van der Waals surface area contributed by atoms with Crippen LogP contribution >= 0.6 is 0 Å². The van der Waals surface area contributed by atoms with Crippen LogP contribution in [0.4, 0.5) is 17.1 Å². The maximum Gasteiger partial charge on any atom is 0.146 e. The van der Waals surface area contributed by atoms with Crippen LogP contribution in [0.5, 0.6) is 5.75 Å². The van der Waals surface area contributed by atoms with Crippen molar-refractivity contribution in [3.63, 3.8) is 0 Å². The molecule has 0 radical (unpaired) electrons. The average molecular weight is 241 g/mol. The Bertz CT molecular complexity index is 358. The van der Waals surface area contributed by atoms with Crippen molar-refractivity contribution < 1.29 is 14.2 Å². The summed E-state index contributed by atoms with van der Waals surface area (Å²) in [6, 6.07) is 3.23. The molecule has 0 bridgehead atoms. The van der Waals surface area contributed by atoms with Crippen molar-refractivity contribution in [2.24, 2.45) is 0 Å². The highest BCUT2D eigenvalue weighted by molar-refractivity contribution is 5.75. The molecular formula is C11H19N3O3. The molecule has 6 nitrogen and oxygen atoms in total. The second kappa shape index (κ2) is 6.82. The van der Waals surface area contributed by atoms with Gasteiger partial charge < -0.3 is 31.4 Å². The zero-order valence-corrected chi connectivity index (χ0v) is 9.94. The molecule has 0 atom stereocenters. The molecule has 0 aliphatic rings. The lowest BCUT2D eigenvalue weighted by atomic mass is 10.2. The lowest BCUT2D eigenvalue weighted by Gasteiger charge is -2.11. The molecule has 0 fully saturated rings. The molecule has 0 spiro atoms. The predicted molar refractivity (Wildman–Crippen MR) is 67.9 cm³/mol. The van der Waals surface area contributed by atoms with Gasteiger partial charge >= 0.3 is 0 Å². The van der Waals surface area contributed by atoms with Gasteiger partial charge in [0.05, 0.1) is 31.2 Å². The van der Waals surface area contributed by atoms with Crippen LogP contribution in [-0.2, 0) is 9.47 Å². The second-order valence-electron chi connectivity index (χ2n) is 3.48. The minimum Gasteiger partial charge on any atom is -0.489 e. The van der Waals surface area contributed by atoms with Crippen LogP contribution in [0.3, 0.4) is 0 Å². The van der Waals surface area contributed by atoms with Crippen molar-refractivity contribution in [1.29, 1.82) is 0 Å². The van der Waals surface area contributed by atoms with Gasteiger partial charge in [0.15, 0.2) is 0 Å². The van der Waals surface area contributed by atoms with E-state index in [9.17, 15) is 0 Å². The van der Waals surface area contributed by atoms with Crippen LogP contribution in [0.15, 0.2) is 12.1 Å². The molecular weight excluding hydrogens is 222 g/mol. The zero-order valence-electron chi connectivity index (χ0n) is 9.94. The van der Waals surface area contributed by atoms with Gasteiger partial charge in [0.2, 0.25) is 0 Å². The summed E-state index contributed by atoms with van der Waals surface area (Å²) in [5.41, 5.74) is 18.4. The van der Waals surface area contributed by atoms with Gasteiger partial charge in [-0.05, 0) is 6.07 Å². The van der Waals surface area contributed by atoms with Gasteiger partial charge in [0.25, 0.3) is 0 Å². The van der Waals surface area contributed by atoms with Crippen LogP contribution in [0, 0.1) is 0 Å². The third kappa shape index (κ3) is 4.38. The van der Waals surface area contributed by atoms with E-state index in [0.29, 0.717) is 49.2 Å². The Kier molecular flexibility index (Phi) is 5.38. The van der Waals surface area contributed by atoms with E-state index >= 15 is 0 Å². The Balaban J connectivity index is 2.36. The number of hydrogen-bond acceptors (Lipinski definition) is 6. The normalized spacial score (nSPS) is 10.4. The molecule has 0 amide bonds. The summed E-state index contributed by atoms with van der Waals surface area (Å²) in [6.45, 7) is 1.94. The summed E-state index contributed by atoms with van der Waals surface area (Å²) >= 11 is 0. The first kappa shape index (κ1) is 13.4. The smallest absolute Gasteiger partial charge is 0.146 e. The summed E-state index contributed by atoms with van der Waals surface area (Å²) in [7, 11) is 1.62. The maximum absolute atomic E-state index is 5.75. The maximum atomic E-state index is 5.75. The summed E-state index contributed by atoms with van der Waals surface area (Å²) in [4.78, 5) is 0. The highest BCUT2D eigenvalue weighted by Gasteiger charge is 2.05. The SMILES string of the molecule is COCCOCCOc1cc(N)cc(N)c1N. The average Bonchev–Trinajstić information content (AvgIpc) is 2.29. The fourth-order valence-corrected chi connectivity index (χ4v) is 1.24. The number of hydrogen-bond donors (Lipinski definition) is 3. The quantitative estimate of drug-likeness (QED) is 0.473. The van der Waals surface area contributed by atoms with Gasteiger partial charge in [-0.15, -0.1) is 0 Å². The minimum absolute atomic E-state index is 0.386. The van der Waals surface area contributed by atoms with Crippen molar-refractivity contribution in [2.75, 3.05) is 50.7 Å². The number of ether oxygens (including phenoxy) is 3. The van der Waals surface area contributed by atoms with Crippen molar-refractivity contribution in [2.45, 2.75) is 0 Å². The lowest BCUT2D eigenvalue weighted by Crippen LogP contribution is -2.11. The van der Waals surface area contributed by atoms with Gasteiger partial charge in [-0.3, -0.25) is 0 Å². The first-order valence-corrected chi connectivity index (χ1v) is 5.29. The van der Waals surface area contributed by atoms with Gasteiger partial charge in [-0.1, -0.05) is 0 Å². The summed E-state index contributed by atoms with van der Waals surface area (Å²) in [6.07, 6.45) is 0. The van der Waals surface area contributed by atoms with E-state index < -0.39 is 0 Å². The van der Waals surface area contributed by atoms with E-state index in [4.69, 9.17) is 31.4 Å². The second-order valence-corrected chi connectivity index (χ2v) is 3.48. The lowest BCUT2D eigenvalue weighted by molar-refractivity contribution is 0.0545. The first-order valence-electron chi connectivity index (χ1n) is 5.29. The molecule has 0 heterocycles. The van der Waals surface area contributed by atoms with Gasteiger partial charge in [-0.25, -0.2) is 0 Å². The van der Waals surface area contributed by atoms with Crippen molar-refractivity contribution >= 4 is 17.1 Å². The molecule has 1 aromatic carbocycles. The Morgan fingerprint density at radius 3 is 2.41 bits per heavy atom. The molecule has 1 rings (SSSR count). The number of methoxy groups -OCH3 is 1. The number of nitrogen functional groups attached to an aromatic ring is 3. The van der Waals surface area contributed by atoms with E-state index in [-0.39, 0.29) is 0 Å². The molecule has 6 N–H and O–H groups in total. The molecule has 96 valence electrons. The summed E-state index contributed by atoms with van der Waals surface area (Å²) in [5, 5.41) is 0. The highest BCUT2D eigenvalue weighted by atomic mass is 16.5. The molecule has 0 aliphatic heterocycles. The molecule has 0 aromatic heterocycles. The van der Waals surface area contributed by atoms with Crippen LogP contribution < -0.4 is 21.9 Å². The molecule has 17 heavy (non-hydrogen) atoms. The Labute approximate surface area is 101 Å². The largest absolute Gasteiger partial charge is 0.489 e. The fraction of sp³-hybridized carbons (Fsp3) is 0.455. The predicted octanol–water partition coefficient (Wildman–Crippen LogP) is 0.475. The number of nitrogens with two attached hydrogens (primary N) is 3. The van der Waals surface area contributed by atoms with E-state index in [2.05, 4.69) is 0 Å². The molecule has 0 unspecified atom stereocenters. The third-order valence-electron chi connectivity index (χ3n) is 2.11. The Morgan fingerprint density at radius 1 is 1.00 bits per heavy atom. The highest BCUT2D eigenvalue weighted by Crippen LogP contribution is 2.30. The number of benzene rings is 1.